The molecule has 0 aromatic carbocycles. The van der Waals surface area contributed by atoms with Gasteiger partial charge in [-0.2, -0.15) is 3.89 Å². The molecular formula is C9H21FS. The van der Waals surface area contributed by atoms with Gasteiger partial charge in [-0.3, -0.25) is 0 Å². The van der Waals surface area contributed by atoms with Crippen molar-refractivity contribution in [1.82, 2.24) is 0 Å². The van der Waals surface area contributed by atoms with Crippen LogP contribution in [0.2, 0.25) is 0 Å². The van der Waals surface area contributed by atoms with Gasteiger partial charge in [0.1, 0.15) is 0 Å². The van der Waals surface area contributed by atoms with Gasteiger partial charge in [-0.15, -0.1) is 0 Å². The summed E-state index contributed by atoms with van der Waals surface area (Å²) in [4.78, 5) is 0. The molecule has 0 aromatic heterocycles. The molecule has 0 unspecified atom stereocenters. The van der Waals surface area contributed by atoms with Crippen LogP contribution in [0.4, 0.5) is 3.89 Å². The van der Waals surface area contributed by atoms with Crippen molar-refractivity contribution in [2.24, 2.45) is 0 Å². The predicted molar refractivity (Wildman–Crippen MR) is 54.2 cm³/mol. The lowest BCUT2D eigenvalue weighted by atomic mass is 10.6. The second kappa shape index (κ2) is 5.87. The summed E-state index contributed by atoms with van der Waals surface area (Å²) < 4.78 is 13.9. The summed E-state index contributed by atoms with van der Waals surface area (Å²) in [5.41, 5.74) is 0. The van der Waals surface area contributed by atoms with E-state index in [-0.39, 0.29) is 0 Å². The van der Waals surface area contributed by atoms with Gasteiger partial charge in [0.05, 0.1) is 0 Å². The normalized spacial score (nSPS) is 13.5. The highest BCUT2D eigenvalue weighted by atomic mass is 32.3. The Kier molecular flexibility index (Phi) is 6.02. The third kappa shape index (κ3) is 4.67. The fourth-order valence-corrected chi connectivity index (χ4v) is 4.21. The molecule has 0 spiro atoms. The standard InChI is InChI=1S/C9H21FS/c1-4-7-11(10,8-5-2)9-6-3/h4-9H2,1-3H3. The van der Waals surface area contributed by atoms with Crippen molar-refractivity contribution in [2.45, 2.75) is 40.0 Å². The van der Waals surface area contributed by atoms with E-state index in [1.54, 1.807) is 0 Å². The zero-order valence-corrected chi connectivity index (χ0v) is 8.85. The maximum Gasteiger partial charge on any atom is 0.00330 e. The van der Waals surface area contributed by atoms with Crippen molar-refractivity contribution in [2.75, 3.05) is 17.3 Å². The van der Waals surface area contributed by atoms with Crippen molar-refractivity contribution in [1.29, 1.82) is 0 Å². The van der Waals surface area contributed by atoms with Crippen molar-refractivity contribution >= 4 is 10.4 Å². The number of halogens is 1. The molecule has 0 aromatic rings. The first-order valence-corrected chi connectivity index (χ1v) is 6.68. The number of hydrogen-bond donors (Lipinski definition) is 0. The SMILES string of the molecule is CCCS(F)(CCC)CCC. The van der Waals surface area contributed by atoms with Crippen LogP contribution in [-0.4, -0.2) is 17.3 Å². The van der Waals surface area contributed by atoms with Crippen LogP contribution in [0.15, 0.2) is 0 Å². The monoisotopic (exact) mass is 180 g/mol. The van der Waals surface area contributed by atoms with Crippen molar-refractivity contribution < 1.29 is 3.89 Å². The number of rotatable bonds is 6. The lowest BCUT2D eigenvalue weighted by Crippen LogP contribution is -2.07. The van der Waals surface area contributed by atoms with Crippen LogP contribution < -0.4 is 0 Å². The molecule has 0 amide bonds. The predicted octanol–water partition coefficient (Wildman–Crippen LogP) is 3.91. The highest BCUT2D eigenvalue weighted by Gasteiger charge is 2.19. The van der Waals surface area contributed by atoms with Crippen LogP contribution in [0.3, 0.4) is 0 Å². The van der Waals surface area contributed by atoms with Crippen LogP contribution in [0, 0.1) is 0 Å². The molecule has 11 heavy (non-hydrogen) atoms. The van der Waals surface area contributed by atoms with Gasteiger partial charge < -0.3 is 0 Å². The van der Waals surface area contributed by atoms with Crippen LogP contribution >= 0.6 is 10.4 Å². The zero-order valence-electron chi connectivity index (χ0n) is 8.03. The fourth-order valence-electron chi connectivity index (χ4n) is 1.40. The van der Waals surface area contributed by atoms with Gasteiger partial charge in [-0.1, -0.05) is 31.2 Å². The lowest BCUT2D eigenvalue weighted by Gasteiger charge is -2.29. The Bertz CT molecular complexity index is 76.5. The van der Waals surface area contributed by atoms with Gasteiger partial charge in [0.2, 0.25) is 0 Å². The largest absolute Gasteiger partial charge is 0.189 e. The van der Waals surface area contributed by atoms with Gasteiger partial charge in [-0.05, 0) is 19.3 Å². The van der Waals surface area contributed by atoms with Crippen LogP contribution in [0.1, 0.15) is 40.0 Å². The number of hydrogen-bond acceptors (Lipinski definition) is 0. The summed E-state index contributed by atoms with van der Waals surface area (Å²) >= 11 is 0. The Morgan fingerprint density at radius 2 is 1.09 bits per heavy atom. The van der Waals surface area contributed by atoms with Crippen molar-refractivity contribution in [3.8, 4) is 0 Å². The van der Waals surface area contributed by atoms with Crippen LogP contribution in [0.25, 0.3) is 0 Å². The van der Waals surface area contributed by atoms with E-state index in [0.29, 0.717) is 0 Å². The van der Waals surface area contributed by atoms with Crippen LogP contribution in [-0.2, 0) is 0 Å². The molecular weight excluding hydrogens is 159 g/mol. The van der Waals surface area contributed by atoms with E-state index in [1.165, 1.54) is 0 Å². The molecule has 0 saturated carbocycles. The van der Waals surface area contributed by atoms with E-state index in [1.807, 2.05) is 0 Å². The molecule has 70 valence electrons. The lowest BCUT2D eigenvalue weighted by molar-refractivity contribution is 0.838. The molecule has 0 nitrogen and oxygen atoms in total. The average molecular weight is 180 g/mol. The van der Waals surface area contributed by atoms with Gasteiger partial charge >= 0.3 is 0 Å². The quantitative estimate of drug-likeness (QED) is 0.581. The molecule has 0 rings (SSSR count). The Labute approximate surface area is 72.2 Å². The average Bonchev–Trinajstić information content (AvgIpc) is 1.88. The van der Waals surface area contributed by atoms with Crippen LogP contribution in [0.5, 0.6) is 0 Å². The zero-order chi connectivity index (χ0) is 8.74. The molecule has 0 atom stereocenters. The molecule has 0 aliphatic rings. The highest BCUT2D eigenvalue weighted by Crippen LogP contribution is 2.50. The maximum absolute atomic E-state index is 13.9. The molecule has 0 aliphatic carbocycles. The van der Waals surface area contributed by atoms with E-state index in [2.05, 4.69) is 20.8 Å². The van der Waals surface area contributed by atoms with E-state index < -0.39 is 10.4 Å². The molecule has 0 fully saturated rings. The van der Waals surface area contributed by atoms with Crippen molar-refractivity contribution in [3.05, 3.63) is 0 Å². The molecule has 2 heteroatoms. The summed E-state index contributed by atoms with van der Waals surface area (Å²) in [5.74, 6) is 2.48. The highest BCUT2D eigenvalue weighted by molar-refractivity contribution is 8.29. The minimum atomic E-state index is -1.69. The van der Waals surface area contributed by atoms with E-state index in [9.17, 15) is 3.89 Å². The summed E-state index contributed by atoms with van der Waals surface area (Å²) in [5, 5.41) is 0. The molecule has 0 N–H and O–H groups in total. The molecule has 0 bridgehead atoms. The second-order valence-electron chi connectivity index (χ2n) is 3.05. The Morgan fingerprint density at radius 1 is 0.818 bits per heavy atom. The topological polar surface area (TPSA) is 0 Å². The summed E-state index contributed by atoms with van der Waals surface area (Å²) in [6.45, 7) is 6.23. The summed E-state index contributed by atoms with van der Waals surface area (Å²) in [7, 11) is -1.69. The smallest absolute Gasteiger partial charge is 0.00330 e. The first-order valence-electron chi connectivity index (χ1n) is 4.64. The summed E-state index contributed by atoms with van der Waals surface area (Å²) in [6, 6.07) is 0. The molecule has 0 aliphatic heterocycles. The minimum absolute atomic E-state index is 0.828. The molecule has 0 heterocycles. The Balaban J connectivity index is 3.79. The maximum atomic E-state index is 13.9. The first kappa shape index (κ1) is 11.3. The van der Waals surface area contributed by atoms with E-state index in [0.717, 1.165) is 36.5 Å². The van der Waals surface area contributed by atoms with Gasteiger partial charge in [-0.25, -0.2) is 0 Å². The summed E-state index contributed by atoms with van der Waals surface area (Å²) in [6.07, 6.45) is 3.02. The van der Waals surface area contributed by atoms with Crippen molar-refractivity contribution in [3.63, 3.8) is 0 Å². The molecule has 0 radical (unpaired) electrons. The van der Waals surface area contributed by atoms with Gasteiger partial charge in [0, 0.05) is 17.3 Å². The molecule has 0 saturated heterocycles. The Hall–Kier alpha value is 0.280. The van der Waals surface area contributed by atoms with E-state index >= 15 is 0 Å². The fraction of sp³-hybridized carbons (Fsp3) is 1.00. The third-order valence-electron chi connectivity index (χ3n) is 1.71. The second-order valence-corrected chi connectivity index (χ2v) is 6.16. The Morgan fingerprint density at radius 3 is 1.27 bits per heavy atom. The van der Waals surface area contributed by atoms with Gasteiger partial charge in [0.25, 0.3) is 0 Å². The van der Waals surface area contributed by atoms with E-state index in [4.69, 9.17) is 0 Å². The minimum Gasteiger partial charge on any atom is -0.189 e. The van der Waals surface area contributed by atoms with Gasteiger partial charge in [0.15, 0.2) is 0 Å². The first-order chi connectivity index (χ1) is 5.18. The third-order valence-corrected chi connectivity index (χ3v) is 5.13.